The molecule has 0 aliphatic rings. The number of rotatable bonds is 9. The molecule has 3 rings (SSSR count). The number of nitrogens with zero attached hydrogens (tertiary/aromatic N) is 1. The summed E-state index contributed by atoms with van der Waals surface area (Å²) in [6.45, 7) is 1.38. The molecule has 9 heteroatoms. The van der Waals surface area contributed by atoms with E-state index in [1.807, 2.05) is 18.2 Å². The molecule has 7 nitrogen and oxygen atoms in total. The molecule has 1 amide bonds. The largest absolute Gasteiger partial charge is 0.495 e. The first-order chi connectivity index (χ1) is 15.3. The van der Waals surface area contributed by atoms with E-state index in [0.717, 1.165) is 4.31 Å². The summed E-state index contributed by atoms with van der Waals surface area (Å²) in [5.41, 5.74) is 0.433. The fourth-order valence-electron chi connectivity index (χ4n) is 2.95. The Morgan fingerprint density at radius 2 is 1.69 bits per heavy atom. The molecular formula is C23H23ClN2O5S. The van der Waals surface area contributed by atoms with Crippen LogP contribution >= 0.6 is 11.6 Å². The summed E-state index contributed by atoms with van der Waals surface area (Å²) in [4.78, 5) is 12.7. The third-order valence-corrected chi connectivity index (χ3v) is 6.78. The van der Waals surface area contributed by atoms with E-state index in [0.29, 0.717) is 22.9 Å². The Morgan fingerprint density at radius 1 is 1.00 bits per heavy atom. The summed E-state index contributed by atoms with van der Waals surface area (Å²) in [6, 6.07) is 20.2. The number of carbonyl (C=O) groups excluding carboxylic acids is 1. The van der Waals surface area contributed by atoms with E-state index in [1.165, 1.54) is 25.3 Å². The van der Waals surface area contributed by atoms with Crippen molar-refractivity contribution in [3.63, 3.8) is 0 Å². The zero-order chi connectivity index (χ0) is 23.1. The molecule has 0 bridgehead atoms. The molecule has 0 saturated carbocycles. The molecule has 0 aromatic heterocycles. The van der Waals surface area contributed by atoms with Gasteiger partial charge in [0.05, 0.1) is 29.3 Å². The molecule has 3 aromatic rings. The van der Waals surface area contributed by atoms with E-state index in [9.17, 15) is 13.2 Å². The number of hydrogen-bond donors (Lipinski definition) is 1. The predicted octanol–water partition coefficient (Wildman–Crippen LogP) is 4.79. The molecule has 0 aliphatic heterocycles. The zero-order valence-electron chi connectivity index (χ0n) is 17.6. The van der Waals surface area contributed by atoms with Crippen molar-refractivity contribution in [2.75, 3.05) is 25.5 Å². The number of sulfonamides is 1. The van der Waals surface area contributed by atoms with Gasteiger partial charge in [-0.05, 0) is 42.5 Å². The SMILES string of the molecule is CCN(CC(=O)Nc1ccccc1Oc1ccccc1)S(=O)(=O)c1ccc(OC)c(Cl)c1. The van der Waals surface area contributed by atoms with E-state index < -0.39 is 15.9 Å². The maximum atomic E-state index is 13.0. The normalized spacial score (nSPS) is 11.2. The molecule has 0 atom stereocenters. The number of halogens is 1. The third-order valence-electron chi connectivity index (χ3n) is 4.57. The smallest absolute Gasteiger partial charge is 0.243 e. The molecule has 3 aromatic carbocycles. The van der Waals surface area contributed by atoms with Crippen molar-refractivity contribution in [2.24, 2.45) is 0 Å². The maximum Gasteiger partial charge on any atom is 0.243 e. The number of ether oxygens (including phenoxy) is 2. The number of nitrogens with one attached hydrogen (secondary N) is 1. The van der Waals surface area contributed by atoms with Crippen molar-refractivity contribution in [3.8, 4) is 17.2 Å². The average molecular weight is 475 g/mol. The van der Waals surface area contributed by atoms with Gasteiger partial charge >= 0.3 is 0 Å². The van der Waals surface area contributed by atoms with Gasteiger partial charge in [-0.1, -0.05) is 48.9 Å². The molecule has 0 saturated heterocycles. The van der Waals surface area contributed by atoms with Crippen molar-refractivity contribution in [1.29, 1.82) is 0 Å². The van der Waals surface area contributed by atoms with Crippen molar-refractivity contribution < 1.29 is 22.7 Å². The van der Waals surface area contributed by atoms with Crippen molar-refractivity contribution in [2.45, 2.75) is 11.8 Å². The number of hydrogen-bond acceptors (Lipinski definition) is 5. The second-order valence-electron chi connectivity index (χ2n) is 6.69. The van der Waals surface area contributed by atoms with Gasteiger partial charge in [0, 0.05) is 6.54 Å². The third kappa shape index (κ3) is 5.59. The van der Waals surface area contributed by atoms with Gasteiger partial charge in [-0.3, -0.25) is 4.79 Å². The molecule has 0 fully saturated rings. The number of amides is 1. The van der Waals surface area contributed by atoms with Crippen molar-refractivity contribution in [1.82, 2.24) is 4.31 Å². The summed E-state index contributed by atoms with van der Waals surface area (Å²) < 4.78 is 38.0. The van der Waals surface area contributed by atoms with E-state index in [2.05, 4.69) is 5.32 Å². The Balaban J connectivity index is 1.75. The lowest BCUT2D eigenvalue weighted by Crippen LogP contribution is -2.37. The van der Waals surface area contributed by atoms with E-state index in [-0.39, 0.29) is 23.0 Å². The summed E-state index contributed by atoms with van der Waals surface area (Å²) in [5.74, 6) is 0.920. The van der Waals surface area contributed by atoms with Crippen LogP contribution in [0.1, 0.15) is 6.92 Å². The van der Waals surface area contributed by atoms with Gasteiger partial charge in [0.1, 0.15) is 11.5 Å². The molecule has 0 spiro atoms. The summed E-state index contributed by atoms with van der Waals surface area (Å²) in [7, 11) is -2.50. The molecule has 0 heterocycles. The van der Waals surface area contributed by atoms with Crippen LogP contribution in [0.25, 0.3) is 0 Å². The van der Waals surface area contributed by atoms with Crippen LogP contribution in [0.4, 0.5) is 5.69 Å². The van der Waals surface area contributed by atoms with Gasteiger partial charge in [-0.2, -0.15) is 4.31 Å². The van der Waals surface area contributed by atoms with Gasteiger partial charge in [0.15, 0.2) is 5.75 Å². The predicted molar refractivity (Wildman–Crippen MR) is 124 cm³/mol. The maximum absolute atomic E-state index is 13.0. The first kappa shape index (κ1) is 23.6. The number of carbonyl (C=O) groups is 1. The minimum absolute atomic E-state index is 0.0224. The molecule has 0 unspecified atom stereocenters. The van der Waals surface area contributed by atoms with Crippen LogP contribution in [0.15, 0.2) is 77.7 Å². The molecule has 1 N–H and O–H groups in total. The van der Waals surface area contributed by atoms with Gasteiger partial charge in [0.2, 0.25) is 15.9 Å². The number of benzene rings is 3. The Bertz CT molecular complexity index is 1190. The standard InChI is InChI=1S/C23H23ClN2O5S/c1-3-26(32(28,29)18-13-14-21(30-2)19(24)15-18)16-23(27)25-20-11-7-8-12-22(20)31-17-9-5-4-6-10-17/h4-15H,3,16H2,1-2H3,(H,25,27). The van der Waals surface area contributed by atoms with Crippen LogP contribution in [0, 0.1) is 0 Å². The topological polar surface area (TPSA) is 84.9 Å². The lowest BCUT2D eigenvalue weighted by molar-refractivity contribution is -0.116. The van der Waals surface area contributed by atoms with Gasteiger partial charge in [0.25, 0.3) is 0 Å². The lowest BCUT2D eigenvalue weighted by Gasteiger charge is -2.21. The highest BCUT2D eigenvalue weighted by molar-refractivity contribution is 7.89. The fourth-order valence-corrected chi connectivity index (χ4v) is 4.70. The molecule has 0 aliphatic carbocycles. The highest BCUT2D eigenvalue weighted by atomic mass is 35.5. The van der Waals surface area contributed by atoms with Crippen LogP contribution in [0.2, 0.25) is 5.02 Å². The number of para-hydroxylation sites is 3. The van der Waals surface area contributed by atoms with Crippen LogP contribution in [0.3, 0.4) is 0 Å². The first-order valence-corrected chi connectivity index (χ1v) is 11.6. The Labute approximate surface area is 192 Å². The zero-order valence-corrected chi connectivity index (χ0v) is 19.2. The highest BCUT2D eigenvalue weighted by Gasteiger charge is 2.26. The average Bonchev–Trinajstić information content (AvgIpc) is 2.79. The summed E-state index contributed by atoms with van der Waals surface area (Å²) >= 11 is 6.08. The molecule has 32 heavy (non-hydrogen) atoms. The van der Waals surface area contributed by atoms with E-state index in [1.54, 1.807) is 43.3 Å². The second kappa shape index (κ2) is 10.5. The van der Waals surface area contributed by atoms with Crippen molar-refractivity contribution >= 4 is 33.2 Å². The van der Waals surface area contributed by atoms with Gasteiger partial charge in [-0.15, -0.1) is 0 Å². The van der Waals surface area contributed by atoms with Crippen LogP contribution in [0.5, 0.6) is 17.2 Å². The minimum atomic E-state index is -3.94. The Kier molecular flexibility index (Phi) is 7.74. The van der Waals surface area contributed by atoms with E-state index >= 15 is 0 Å². The quantitative estimate of drug-likeness (QED) is 0.482. The Morgan fingerprint density at radius 3 is 2.34 bits per heavy atom. The second-order valence-corrected chi connectivity index (χ2v) is 9.03. The first-order valence-electron chi connectivity index (χ1n) is 9.80. The number of likely N-dealkylation sites (N-methyl/N-ethyl adjacent to an activating group) is 1. The molecule has 168 valence electrons. The van der Waals surface area contributed by atoms with E-state index in [4.69, 9.17) is 21.1 Å². The van der Waals surface area contributed by atoms with Gasteiger partial charge in [-0.25, -0.2) is 8.42 Å². The Hall–Kier alpha value is -3.07. The summed E-state index contributed by atoms with van der Waals surface area (Å²) in [6.07, 6.45) is 0. The van der Waals surface area contributed by atoms with Gasteiger partial charge < -0.3 is 14.8 Å². The van der Waals surface area contributed by atoms with Crippen LogP contribution in [-0.4, -0.2) is 38.8 Å². The highest BCUT2D eigenvalue weighted by Crippen LogP contribution is 2.30. The molecule has 0 radical (unpaired) electrons. The minimum Gasteiger partial charge on any atom is -0.495 e. The monoisotopic (exact) mass is 474 g/mol. The fraction of sp³-hybridized carbons (Fsp3) is 0.174. The summed E-state index contributed by atoms with van der Waals surface area (Å²) in [5, 5.41) is 2.90. The van der Waals surface area contributed by atoms with Crippen LogP contribution in [-0.2, 0) is 14.8 Å². The van der Waals surface area contributed by atoms with Crippen LogP contribution < -0.4 is 14.8 Å². The lowest BCUT2D eigenvalue weighted by atomic mass is 10.3. The van der Waals surface area contributed by atoms with Crippen molar-refractivity contribution in [3.05, 3.63) is 77.8 Å². The number of anilines is 1. The molecular weight excluding hydrogens is 452 g/mol. The number of methoxy groups -OCH3 is 1.